The molecule has 8 nitrogen and oxygen atoms in total. The highest BCUT2D eigenvalue weighted by molar-refractivity contribution is 7.09. The molecule has 0 bridgehead atoms. The van der Waals surface area contributed by atoms with Gasteiger partial charge in [0.05, 0.1) is 16.9 Å². The van der Waals surface area contributed by atoms with E-state index in [9.17, 15) is 10.1 Å². The van der Waals surface area contributed by atoms with Crippen molar-refractivity contribution in [2.45, 2.75) is 13.5 Å². The van der Waals surface area contributed by atoms with Crippen molar-refractivity contribution < 1.29 is 4.92 Å². The average Bonchev–Trinajstić information content (AvgIpc) is 2.75. The molecule has 0 aliphatic rings. The van der Waals surface area contributed by atoms with Gasteiger partial charge >= 0.3 is 5.82 Å². The Kier molecular flexibility index (Phi) is 2.52. The van der Waals surface area contributed by atoms with Crippen LogP contribution in [0.5, 0.6) is 0 Å². The standard InChI is InChI=1S/C7H8N6O2S/c1-4-2-12(10-7(4)13(14)15)3-5-6(8)16-11-9-5/h2H,3,8H2,1H3. The molecule has 2 N–H and O–H groups in total. The zero-order valence-electron chi connectivity index (χ0n) is 8.32. The lowest BCUT2D eigenvalue weighted by molar-refractivity contribution is -0.390. The van der Waals surface area contributed by atoms with Crippen molar-refractivity contribution in [3.8, 4) is 0 Å². The molecule has 0 aromatic carbocycles. The summed E-state index contributed by atoms with van der Waals surface area (Å²) in [6.45, 7) is 1.92. The molecule has 84 valence electrons. The minimum absolute atomic E-state index is 0.151. The molecule has 2 aromatic heterocycles. The van der Waals surface area contributed by atoms with E-state index < -0.39 is 4.92 Å². The van der Waals surface area contributed by atoms with Gasteiger partial charge in [0, 0.05) is 11.5 Å². The van der Waals surface area contributed by atoms with E-state index in [4.69, 9.17) is 5.73 Å². The van der Waals surface area contributed by atoms with E-state index >= 15 is 0 Å². The zero-order valence-corrected chi connectivity index (χ0v) is 9.14. The molecular formula is C7H8N6O2S. The largest absolute Gasteiger partial charge is 0.392 e. The summed E-state index contributed by atoms with van der Waals surface area (Å²) < 4.78 is 5.11. The molecular weight excluding hydrogens is 232 g/mol. The van der Waals surface area contributed by atoms with Crippen LogP contribution in [-0.4, -0.2) is 24.3 Å². The van der Waals surface area contributed by atoms with Crippen LogP contribution in [-0.2, 0) is 6.54 Å². The van der Waals surface area contributed by atoms with E-state index in [1.54, 1.807) is 13.1 Å². The summed E-state index contributed by atoms with van der Waals surface area (Å²) in [5, 5.41) is 18.7. The molecule has 0 saturated heterocycles. The quantitative estimate of drug-likeness (QED) is 0.620. The van der Waals surface area contributed by atoms with Crippen molar-refractivity contribution in [1.82, 2.24) is 19.4 Å². The Bertz CT molecular complexity index is 533. The number of aromatic nitrogens is 4. The van der Waals surface area contributed by atoms with E-state index in [1.165, 1.54) is 4.68 Å². The van der Waals surface area contributed by atoms with E-state index in [0.29, 0.717) is 16.3 Å². The monoisotopic (exact) mass is 240 g/mol. The maximum atomic E-state index is 10.6. The normalized spacial score (nSPS) is 10.6. The van der Waals surface area contributed by atoms with Crippen LogP contribution in [0.4, 0.5) is 10.8 Å². The Labute approximate surface area is 94.0 Å². The summed E-state index contributed by atoms with van der Waals surface area (Å²) in [5.41, 5.74) is 6.69. The van der Waals surface area contributed by atoms with E-state index in [1.807, 2.05) is 0 Å². The Morgan fingerprint density at radius 2 is 2.44 bits per heavy atom. The predicted octanol–water partition coefficient (Wildman–Crippen LogP) is 0.582. The van der Waals surface area contributed by atoms with Crippen molar-refractivity contribution in [3.05, 3.63) is 27.6 Å². The van der Waals surface area contributed by atoms with E-state index in [2.05, 4.69) is 14.7 Å². The first kappa shape index (κ1) is 10.5. The molecule has 2 rings (SSSR count). The van der Waals surface area contributed by atoms with Gasteiger partial charge in [-0.05, 0) is 11.8 Å². The van der Waals surface area contributed by atoms with E-state index in [0.717, 1.165) is 11.5 Å². The van der Waals surface area contributed by atoms with Gasteiger partial charge in [-0.25, -0.2) is 0 Å². The molecule has 0 unspecified atom stereocenters. The molecule has 0 aliphatic carbocycles. The zero-order chi connectivity index (χ0) is 11.7. The molecule has 16 heavy (non-hydrogen) atoms. The maximum absolute atomic E-state index is 10.6. The topological polar surface area (TPSA) is 113 Å². The van der Waals surface area contributed by atoms with Crippen LogP contribution in [0.2, 0.25) is 0 Å². The van der Waals surface area contributed by atoms with Crippen molar-refractivity contribution in [3.63, 3.8) is 0 Å². The fourth-order valence-electron chi connectivity index (χ4n) is 1.25. The molecule has 0 saturated carbocycles. The van der Waals surface area contributed by atoms with Crippen molar-refractivity contribution in [2.75, 3.05) is 5.73 Å². The molecule has 9 heteroatoms. The van der Waals surface area contributed by atoms with Crippen LogP contribution in [0, 0.1) is 17.0 Å². The molecule has 0 amide bonds. The third kappa shape index (κ3) is 1.84. The third-order valence-corrected chi connectivity index (χ3v) is 2.58. The summed E-state index contributed by atoms with van der Waals surface area (Å²) in [7, 11) is 0. The number of nitrogen functional groups attached to an aromatic ring is 1. The molecule has 0 aliphatic heterocycles. The van der Waals surface area contributed by atoms with Crippen LogP contribution in [0.3, 0.4) is 0 Å². The van der Waals surface area contributed by atoms with Gasteiger partial charge in [0.1, 0.15) is 17.2 Å². The lowest BCUT2D eigenvalue weighted by atomic mass is 10.4. The highest BCUT2D eigenvalue weighted by atomic mass is 32.1. The number of hydrogen-bond donors (Lipinski definition) is 1. The number of nitrogens with two attached hydrogens (primary N) is 1. The van der Waals surface area contributed by atoms with Gasteiger partial charge in [-0.3, -0.25) is 0 Å². The number of aryl methyl sites for hydroxylation is 1. The van der Waals surface area contributed by atoms with Crippen LogP contribution < -0.4 is 5.73 Å². The first-order chi connectivity index (χ1) is 7.58. The highest BCUT2D eigenvalue weighted by Gasteiger charge is 2.18. The van der Waals surface area contributed by atoms with Crippen molar-refractivity contribution in [2.24, 2.45) is 0 Å². The van der Waals surface area contributed by atoms with Gasteiger partial charge in [-0.2, -0.15) is 4.68 Å². The van der Waals surface area contributed by atoms with Crippen LogP contribution in [0.1, 0.15) is 11.3 Å². The molecule has 0 radical (unpaired) electrons. The summed E-state index contributed by atoms with van der Waals surface area (Å²) in [6, 6.07) is 0. The fraction of sp³-hybridized carbons (Fsp3) is 0.286. The first-order valence-corrected chi connectivity index (χ1v) is 5.10. The molecule has 0 atom stereocenters. The van der Waals surface area contributed by atoms with Crippen LogP contribution in [0.15, 0.2) is 6.20 Å². The van der Waals surface area contributed by atoms with Gasteiger partial charge in [0.25, 0.3) is 0 Å². The van der Waals surface area contributed by atoms with Crippen molar-refractivity contribution >= 4 is 22.4 Å². The number of rotatable bonds is 3. The SMILES string of the molecule is Cc1cn(Cc2nnsc2N)nc1[N+](=O)[O-]. The predicted molar refractivity (Wildman–Crippen MR) is 57.0 cm³/mol. The Morgan fingerprint density at radius 1 is 1.69 bits per heavy atom. The molecule has 0 spiro atoms. The van der Waals surface area contributed by atoms with Gasteiger partial charge in [-0.1, -0.05) is 4.49 Å². The average molecular weight is 240 g/mol. The number of nitrogens with zero attached hydrogens (tertiary/aromatic N) is 5. The molecule has 2 heterocycles. The second-order valence-corrected chi connectivity index (χ2v) is 3.96. The Morgan fingerprint density at radius 3 is 2.94 bits per heavy atom. The van der Waals surface area contributed by atoms with E-state index in [-0.39, 0.29) is 12.4 Å². The van der Waals surface area contributed by atoms with Gasteiger partial charge in [0.15, 0.2) is 0 Å². The first-order valence-electron chi connectivity index (χ1n) is 4.33. The molecule has 2 aromatic rings. The van der Waals surface area contributed by atoms with Gasteiger partial charge in [0.2, 0.25) is 0 Å². The highest BCUT2D eigenvalue weighted by Crippen LogP contribution is 2.17. The molecule has 0 fully saturated rings. The lowest BCUT2D eigenvalue weighted by Crippen LogP contribution is -2.03. The second-order valence-electron chi connectivity index (χ2n) is 3.17. The fourth-order valence-corrected chi connectivity index (χ4v) is 1.69. The summed E-state index contributed by atoms with van der Waals surface area (Å²) in [5.74, 6) is -0.151. The van der Waals surface area contributed by atoms with Crippen molar-refractivity contribution in [1.29, 1.82) is 0 Å². The summed E-state index contributed by atoms with van der Waals surface area (Å²) in [4.78, 5) is 10.1. The second kappa shape index (κ2) is 3.85. The van der Waals surface area contributed by atoms with Crippen LogP contribution >= 0.6 is 11.5 Å². The smallest absolute Gasteiger partial charge is 0.388 e. The Balaban J connectivity index is 2.26. The summed E-state index contributed by atoms with van der Waals surface area (Å²) >= 11 is 1.08. The van der Waals surface area contributed by atoms with Gasteiger partial charge in [-0.15, -0.1) is 5.10 Å². The third-order valence-electron chi connectivity index (χ3n) is 1.99. The summed E-state index contributed by atoms with van der Waals surface area (Å²) in [6.07, 6.45) is 1.58. The minimum atomic E-state index is -0.519. The van der Waals surface area contributed by atoms with Crippen LogP contribution in [0.25, 0.3) is 0 Å². The maximum Gasteiger partial charge on any atom is 0.392 e. The number of anilines is 1. The minimum Gasteiger partial charge on any atom is -0.388 e. The number of nitro groups is 1. The number of hydrogen-bond acceptors (Lipinski definition) is 7. The van der Waals surface area contributed by atoms with Gasteiger partial charge < -0.3 is 15.8 Å². The Hall–Kier alpha value is -2.03. The lowest BCUT2D eigenvalue weighted by Gasteiger charge is -1.92.